The van der Waals surface area contributed by atoms with E-state index in [1.54, 1.807) is 16.2 Å². The van der Waals surface area contributed by atoms with Gasteiger partial charge < -0.3 is 14.5 Å². The van der Waals surface area contributed by atoms with Gasteiger partial charge in [0.2, 0.25) is 11.8 Å². The van der Waals surface area contributed by atoms with Crippen molar-refractivity contribution in [3.8, 4) is 5.75 Å². The van der Waals surface area contributed by atoms with E-state index in [2.05, 4.69) is 24.4 Å². The molecule has 6 heteroatoms. The Bertz CT molecular complexity index is 944. The van der Waals surface area contributed by atoms with Gasteiger partial charge in [0.05, 0.1) is 6.04 Å². The molecule has 0 bridgehead atoms. The van der Waals surface area contributed by atoms with Gasteiger partial charge in [-0.2, -0.15) is 0 Å². The zero-order valence-electron chi connectivity index (χ0n) is 19.5. The van der Waals surface area contributed by atoms with E-state index in [-0.39, 0.29) is 24.4 Å². The fourth-order valence-corrected chi connectivity index (χ4v) is 5.05. The van der Waals surface area contributed by atoms with Crippen LogP contribution in [0.2, 0.25) is 0 Å². The summed E-state index contributed by atoms with van der Waals surface area (Å²) >= 11 is 1.74. The molecule has 1 aromatic heterocycles. The second kappa shape index (κ2) is 9.43. The summed E-state index contributed by atoms with van der Waals surface area (Å²) in [5.74, 6) is 0.817. The van der Waals surface area contributed by atoms with Gasteiger partial charge in [-0.25, -0.2) is 0 Å². The van der Waals surface area contributed by atoms with Crippen LogP contribution in [0.25, 0.3) is 0 Å². The maximum absolute atomic E-state index is 13.4. The fourth-order valence-electron chi connectivity index (χ4n) is 4.12. The first-order valence-corrected chi connectivity index (χ1v) is 11.9. The van der Waals surface area contributed by atoms with Crippen molar-refractivity contribution < 1.29 is 14.3 Å². The van der Waals surface area contributed by atoms with E-state index in [9.17, 15) is 9.59 Å². The highest BCUT2D eigenvalue weighted by Gasteiger charge is 2.35. The van der Waals surface area contributed by atoms with Crippen LogP contribution in [0.15, 0.2) is 29.6 Å². The molecule has 0 radical (unpaired) electrons. The Morgan fingerprint density at radius 3 is 2.61 bits per heavy atom. The molecular weight excluding hydrogens is 408 g/mol. The minimum atomic E-state index is -0.406. The van der Waals surface area contributed by atoms with Crippen LogP contribution >= 0.6 is 11.3 Å². The smallest absolute Gasteiger partial charge is 0.242 e. The highest BCUT2D eigenvalue weighted by Crippen LogP contribution is 2.34. The predicted octanol–water partition coefficient (Wildman–Crippen LogP) is 4.91. The number of ether oxygens (including phenoxy) is 1. The minimum absolute atomic E-state index is 0.00263. The molecule has 0 saturated heterocycles. The van der Waals surface area contributed by atoms with Crippen LogP contribution in [0.5, 0.6) is 5.75 Å². The molecular formula is C25H34N2O3S. The molecule has 1 aromatic carbocycles. The van der Waals surface area contributed by atoms with E-state index < -0.39 is 5.54 Å². The number of fused-ring (bicyclic) bond motifs is 1. The molecule has 0 N–H and O–H groups in total. The number of amides is 2. The first-order chi connectivity index (χ1) is 14.6. The third kappa shape index (κ3) is 5.29. The van der Waals surface area contributed by atoms with Crippen LogP contribution in [-0.2, 0) is 16.0 Å². The first-order valence-electron chi connectivity index (χ1n) is 11.0. The predicted molar refractivity (Wildman–Crippen MR) is 126 cm³/mol. The van der Waals surface area contributed by atoms with Gasteiger partial charge in [0.15, 0.2) is 0 Å². The number of hydrogen-bond donors (Lipinski definition) is 0. The van der Waals surface area contributed by atoms with Crippen molar-refractivity contribution >= 4 is 23.2 Å². The Morgan fingerprint density at radius 1 is 1.23 bits per heavy atom. The fraction of sp³-hybridized carbons (Fsp3) is 0.520. The standard InChI is InChI=1S/C25H34N2O3S/c1-7-23(28)27(25(4,5)6)15-24(29)26-12-10-22-19(11-13-31-22)20(26)16-30-21-9-8-17(2)14-18(21)3/h8-9,11,13-14,20H,7,10,12,15-16H2,1-6H3/t20-/m0/s1. The molecule has 3 rings (SSSR count). The molecule has 31 heavy (non-hydrogen) atoms. The largest absolute Gasteiger partial charge is 0.491 e. The van der Waals surface area contributed by atoms with Gasteiger partial charge in [-0.1, -0.05) is 24.6 Å². The van der Waals surface area contributed by atoms with Crippen LogP contribution in [0.3, 0.4) is 0 Å². The molecule has 5 nitrogen and oxygen atoms in total. The maximum Gasteiger partial charge on any atom is 0.242 e. The van der Waals surface area contributed by atoms with E-state index in [1.165, 1.54) is 16.0 Å². The normalized spacial score (nSPS) is 16.1. The lowest BCUT2D eigenvalue weighted by atomic mass is 9.99. The molecule has 0 unspecified atom stereocenters. The average molecular weight is 443 g/mol. The molecule has 2 amide bonds. The van der Waals surface area contributed by atoms with Crippen molar-refractivity contribution in [1.29, 1.82) is 0 Å². The zero-order valence-corrected chi connectivity index (χ0v) is 20.3. The van der Waals surface area contributed by atoms with Crippen molar-refractivity contribution in [1.82, 2.24) is 9.80 Å². The average Bonchev–Trinajstić information content (AvgIpc) is 3.18. The van der Waals surface area contributed by atoms with Gasteiger partial charge in [-0.15, -0.1) is 11.3 Å². The maximum atomic E-state index is 13.4. The Balaban J connectivity index is 1.82. The lowest BCUT2D eigenvalue weighted by Crippen LogP contribution is -2.53. The first kappa shape index (κ1) is 23.3. The van der Waals surface area contributed by atoms with Gasteiger partial charge >= 0.3 is 0 Å². The molecule has 2 aromatic rings. The summed E-state index contributed by atoms with van der Waals surface area (Å²) in [6.07, 6.45) is 1.23. The molecule has 1 aliphatic rings. The number of nitrogens with zero attached hydrogens (tertiary/aromatic N) is 2. The second-order valence-electron chi connectivity index (χ2n) is 9.24. The van der Waals surface area contributed by atoms with Crippen molar-refractivity contribution in [2.75, 3.05) is 19.7 Å². The SMILES string of the molecule is CCC(=O)N(CC(=O)N1CCc2sccc2[C@@H]1COc1ccc(C)cc1C)C(C)(C)C. The van der Waals surface area contributed by atoms with Gasteiger partial charge in [-0.05, 0) is 69.7 Å². The van der Waals surface area contributed by atoms with Gasteiger partial charge in [0.1, 0.15) is 18.9 Å². The highest BCUT2D eigenvalue weighted by atomic mass is 32.1. The molecule has 1 aliphatic heterocycles. The molecule has 168 valence electrons. The van der Waals surface area contributed by atoms with Gasteiger partial charge in [-0.3, -0.25) is 9.59 Å². The number of benzene rings is 1. The molecule has 0 fully saturated rings. The lowest BCUT2D eigenvalue weighted by molar-refractivity contribution is -0.146. The Morgan fingerprint density at radius 2 is 1.97 bits per heavy atom. The summed E-state index contributed by atoms with van der Waals surface area (Å²) < 4.78 is 6.21. The monoisotopic (exact) mass is 442 g/mol. The van der Waals surface area contributed by atoms with E-state index >= 15 is 0 Å². The number of thiophene rings is 1. The molecule has 0 aliphatic carbocycles. The zero-order chi connectivity index (χ0) is 22.8. The van der Waals surface area contributed by atoms with Crippen molar-refractivity contribution in [2.24, 2.45) is 0 Å². The van der Waals surface area contributed by atoms with Crippen LogP contribution in [0, 0.1) is 13.8 Å². The topological polar surface area (TPSA) is 49.9 Å². The second-order valence-corrected chi connectivity index (χ2v) is 10.2. The number of aryl methyl sites for hydroxylation is 2. The minimum Gasteiger partial charge on any atom is -0.491 e. The third-order valence-electron chi connectivity index (χ3n) is 5.85. The van der Waals surface area contributed by atoms with Gasteiger partial charge in [0, 0.05) is 23.4 Å². The Labute approximate surface area is 190 Å². The van der Waals surface area contributed by atoms with Crippen molar-refractivity contribution in [2.45, 2.75) is 66.0 Å². The Kier molecular flexibility index (Phi) is 7.10. The quantitative estimate of drug-likeness (QED) is 0.639. The molecule has 1 atom stereocenters. The van der Waals surface area contributed by atoms with E-state index in [1.807, 2.05) is 51.7 Å². The van der Waals surface area contributed by atoms with Crippen molar-refractivity contribution in [3.63, 3.8) is 0 Å². The number of carbonyl (C=O) groups is 2. The van der Waals surface area contributed by atoms with Crippen molar-refractivity contribution in [3.05, 3.63) is 51.2 Å². The summed E-state index contributed by atoms with van der Waals surface area (Å²) in [7, 11) is 0. The molecule has 0 spiro atoms. The summed E-state index contributed by atoms with van der Waals surface area (Å²) in [6, 6.07) is 8.09. The summed E-state index contributed by atoms with van der Waals surface area (Å²) in [5.41, 5.74) is 3.05. The van der Waals surface area contributed by atoms with Crippen LogP contribution in [0.1, 0.15) is 61.7 Å². The van der Waals surface area contributed by atoms with Gasteiger partial charge in [0.25, 0.3) is 0 Å². The molecule has 2 heterocycles. The number of hydrogen-bond acceptors (Lipinski definition) is 4. The summed E-state index contributed by atoms with van der Waals surface area (Å²) in [5, 5.41) is 2.09. The lowest BCUT2D eigenvalue weighted by Gasteiger charge is -2.40. The third-order valence-corrected chi connectivity index (χ3v) is 6.85. The summed E-state index contributed by atoms with van der Waals surface area (Å²) in [4.78, 5) is 30.9. The molecule has 0 saturated carbocycles. The van der Waals surface area contributed by atoms with Crippen LogP contribution in [0.4, 0.5) is 0 Å². The van der Waals surface area contributed by atoms with E-state index in [0.29, 0.717) is 19.6 Å². The summed E-state index contributed by atoms with van der Waals surface area (Å²) in [6.45, 7) is 13.0. The Hall–Kier alpha value is -2.34. The number of rotatable bonds is 6. The van der Waals surface area contributed by atoms with E-state index in [4.69, 9.17) is 4.74 Å². The number of carbonyl (C=O) groups excluding carboxylic acids is 2. The van der Waals surface area contributed by atoms with Crippen LogP contribution < -0.4 is 4.74 Å². The van der Waals surface area contributed by atoms with Crippen LogP contribution in [-0.4, -0.2) is 46.8 Å². The highest BCUT2D eigenvalue weighted by molar-refractivity contribution is 7.10. The van der Waals surface area contributed by atoms with E-state index in [0.717, 1.165) is 17.7 Å².